The van der Waals surface area contributed by atoms with Crippen LogP contribution >= 0.6 is 0 Å². The molecule has 1 amide bonds. The molecule has 1 aliphatic rings. The molecule has 8 heteroatoms. The van der Waals surface area contributed by atoms with Gasteiger partial charge in [0.25, 0.3) is 11.6 Å². The van der Waals surface area contributed by atoms with E-state index in [-0.39, 0.29) is 11.3 Å². The van der Waals surface area contributed by atoms with E-state index in [1.165, 1.54) is 31.0 Å². The molecule has 0 bridgehead atoms. The van der Waals surface area contributed by atoms with Crippen molar-refractivity contribution >= 4 is 23.1 Å². The number of para-hydroxylation sites is 1. The van der Waals surface area contributed by atoms with Crippen LogP contribution in [0.2, 0.25) is 0 Å². The molecule has 146 valence electrons. The van der Waals surface area contributed by atoms with Gasteiger partial charge in [-0.2, -0.15) is 0 Å². The van der Waals surface area contributed by atoms with Gasteiger partial charge in [0.05, 0.1) is 10.6 Å². The van der Waals surface area contributed by atoms with Crippen molar-refractivity contribution in [3.05, 3.63) is 76.3 Å². The quantitative estimate of drug-likeness (QED) is 0.524. The van der Waals surface area contributed by atoms with Crippen LogP contribution in [0.5, 0.6) is 0 Å². The van der Waals surface area contributed by atoms with E-state index in [4.69, 9.17) is 0 Å². The van der Waals surface area contributed by atoms with Crippen molar-refractivity contribution < 1.29 is 9.72 Å². The molecule has 4 rings (SSSR count). The number of hydrogen-bond donors (Lipinski definition) is 1. The summed E-state index contributed by atoms with van der Waals surface area (Å²) in [6, 6.07) is 16.9. The number of nitrogens with one attached hydrogen (secondary N) is 1. The summed E-state index contributed by atoms with van der Waals surface area (Å²) in [6.07, 6.45) is 2.34. The van der Waals surface area contributed by atoms with Crippen molar-refractivity contribution in [3.8, 4) is 11.3 Å². The predicted molar refractivity (Wildman–Crippen MR) is 110 cm³/mol. The Labute approximate surface area is 167 Å². The Kier molecular flexibility index (Phi) is 5.15. The van der Waals surface area contributed by atoms with E-state index >= 15 is 0 Å². The lowest BCUT2D eigenvalue weighted by Gasteiger charge is -2.15. The molecule has 3 aromatic rings. The standard InChI is InChI=1S/C21H19N5O3/c27-21(17-8-1-2-9-19(17)26(28)29)22-16-7-5-6-15(14-16)18-10-11-20(24-23-18)25-12-3-4-13-25/h1-2,5-11,14H,3-4,12-13H2,(H,22,27). The van der Waals surface area contributed by atoms with Gasteiger partial charge in [-0.15, -0.1) is 10.2 Å². The first kappa shape index (κ1) is 18.5. The average Bonchev–Trinajstić information content (AvgIpc) is 3.29. The van der Waals surface area contributed by atoms with Crippen molar-refractivity contribution in [2.45, 2.75) is 12.8 Å². The Hall–Kier alpha value is -3.81. The third kappa shape index (κ3) is 4.06. The number of aromatic nitrogens is 2. The molecule has 2 aromatic carbocycles. The largest absolute Gasteiger partial charge is 0.355 e. The summed E-state index contributed by atoms with van der Waals surface area (Å²) in [6.45, 7) is 2.00. The van der Waals surface area contributed by atoms with E-state index in [2.05, 4.69) is 20.4 Å². The van der Waals surface area contributed by atoms with Crippen LogP contribution in [0.4, 0.5) is 17.2 Å². The van der Waals surface area contributed by atoms with E-state index < -0.39 is 10.8 Å². The highest BCUT2D eigenvalue weighted by atomic mass is 16.6. The third-order valence-corrected chi connectivity index (χ3v) is 4.84. The summed E-state index contributed by atoms with van der Waals surface area (Å²) < 4.78 is 0. The maximum Gasteiger partial charge on any atom is 0.282 e. The minimum absolute atomic E-state index is 0.0117. The fourth-order valence-electron chi connectivity index (χ4n) is 3.37. The highest BCUT2D eigenvalue weighted by Crippen LogP contribution is 2.24. The van der Waals surface area contributed by atoms with Crippen LogP contribution in [0.3, 0.4) is 0 Å². The van der Waals surface area contributed by atoms with Crippen LogP contribution < -0.4 is 10.2 Å². The summed E-state index contributed by atoms with van der Waals surface area (Å²) in [4.78, 5) is 25.3. The van der Waals surface area contributed by atoms with Crippen molar-refractivity contribution in [2.75, 3.05) is 23.3 Å². The maximum absolute atomic E-state index is 12.5. The van der Waals surface area contributed by atoms with E-state index in [1.807, 2.05) is 18.2 Å². The van der Waals surface area contributed by atoms with Gasteiger partial charge in [0.2, 0.25) is 0 Å². The normalized spacial score (nSPS) is 13.3. The first-order chi connectivity index (χ1) is 14.1. The van der Waals surface area contributed by atoms with Crippen molar-refractivity contribution in [1.29, 1.82) is 0 Å². The van der Waals surface area contributed by atoms with Crippen LogP contribution in [0.25, 0.3) is 11.3 Å². The number of hydrogen-bond acceptors (Lipinski definition) is 6. The first-order valence-corrected chi connectivity index (χ1v) is 9.36. The van der Waals surface area contributed by atoms with Crippen LogP contribution in [0.15, 0.2) is 60.7 Å². The summed E-state index contributed by atoms with van der Waals surface area (Å²) in [7, 11) is 0. The molecule has 0 radical (unpaired) electrons. The van der Waals surface area contributed by atoms with Gasteiger partial charge >= 0.3 is 0 Å². The molecule has 0 unspecified atom stereocenters. The molecule has 2 heterocycles. The number of carbonyl (C=O) groups excluding carboxylic acids is 1. The van der Waals surface area contributed by atoms with Crippen LogP contribution in [-0.4, -0.2) is 34.1 Å². The fraction of sp³-hybridized carbons (Fsp3) is 0.190. The zero-order valence-corrected chi connectivity index (χ0v) is 15.6. The Morgan fingerprint density at radius 3 is 2.52 bits per heavy atom. The number of benzene rings is 2. The highest BCUT2D eigenvalue weighted by Gasteiger charge is 2.19. The Bertz CT molecular complexity index is 1050. The maximum atomic E-state index is 12.5. The molecule has 1 fully saturated rings. The molecule has 0 atom stereocenters. The first-order valence-electron chi connectivity index (χ1n) is 9.36. The van der Waals surface area contributed by atoms with Crippen LogP contribution in [-0.2, 0) is 0 Å². The lowest BCUT2D eigenvalue weighted by atomic mass is 10.1. The van der Waals surface area contributed by atoms with E-state index in [0.717, 1.165) is 24.5 Å². The van der Waals surface area contributed by atoms with Gasteiger partial charge in [-0.25, -0.2) is 0 Å². The molecule has 1 saturated heterocycles. The zero-order chi connectivity index (χ0) is 20.2. The van der Waals surface area contributed by atoms with Gasteiger partial charge in [-0.05, 0) is 43.2 Å². The third-order valence-electron chi connectivity index (χ3n) is 4.84. The Morgan fingerprint density at radius 1 is 1.00 bits per heavy atom. The monoisotopic (exact) mass is 389 g/mol. The molecule has 1 aliphatic heterocycles. The zero-order valence-electron chi connectivity index (χ0n) is 15.6. The minimum atomic E-state index is -0.567. The van der Waals surface area contributed by atoms with Gasteiger partial charge in [0, 0.05) is 30.4 Å². The summed E-state index contributed by atoms with van der Waals surface area (Å²) in [5, 5.41) is 22.5. The number of carbonyl (C=O) groups is 1. The van der Waals surface area contributed by atoms with Crippen molar-refractivity contribution in [2.24, 2.45) is 0 Å². The molecule has 1 N–H and O–H groups in total. The molecular formula is C21H19N5O3. The van der Waals surface area contributed by atoms with Gasteiger partial charge in [0.1, 0.15) is 5.56 Å². The predicted octanol–water partition coefficient (Wildman–Crippen LogP) is 3.90. The second kappa shape index (κ2) is 8.05. The van der Waals surface area contributed by atoms with E-state index in [0.29, 0.717) is 11.4 Å². The van der Waals surface area contributed by atoms with Crippen LogP contribution in [0.1, 0.15) is 23.2 Å². The molecule has 0 spiro atoms. The molecule has 0 saturated carbocycles. The minimum Gasteiger partial charge on any atom is -0.355 e. The van der Waals surface area contributed by atoms with Crippen LogP contribution in [0, 0.1) is 10.1 Å². The Balaban J connectivity index is 1.53. The second-order valence-electron chi connectivity index (χ2n) is 6.78. The molecule has 1 aromatic heterocycles. The van der Waals surface area contributed by atoms with Gasteiger partial charge in [0.15, 0.2) is 5.82 Å². The van der Waals surface area contributed by atoms with Gasteiger partial charge in [-0.1, -0.05) is 24.3 Å². The van der Waals surface area contributed by atoms with Crippen molar-refractivity contribution in [3.63, 3.8) is 0 Å². The van der Waals surface area contributed by atoms with Gasteiger partial charge < -0.3 is 10.2 Å². The summed E-state index contributed by atoms with van der Waals surface area (Å²) in [5.41, 5.74) is 1.79. The fourth-order valence-corrected chi connectivity index (χ4v) is 3.37. The van der Waals surface area contributed by atoms with Crippen molar-refractivity contribution in [1.82, 2.24) is 10.2 Å². The molecule has 29 heavy (non-hydrogen) atoms. The highest BCUT2D eigenvalue weighted by molar-refractivity contribution is 6.07. The number of amides is 1. The Morgan fingerprint density at radius 2 is 1.79 bits per heavy atom. The number of nitro groups is 1. The second-order valence-corrected chi connectivity index (χ2v) is 6.78. The SMILES string of the molecule is O=C(Nc1cccc(-c2ccc(N3CCCC3)nn2)c1)c1ccccc1[N+](=O)[O-]. The molecular weight excluding hydrogens is 370 g/mol. The van der Waals surface area contributed by atoms with Gasteiger partial charge in [-0.3, -0.25) is 14.9 Å². The lowest BCUT2D eigenvalue weighted by molar-refractivity contribution is -0.385. The van der Waals surface area contributed by atoms with E-state index in [1.54, 1.807) is 24.3 Å². The molecule has 0 aliphatic carbocycles. The number of rotatable bonds is 5. The smallest absolute Gasteiger partial charge is 0.282 e. The number of nitrogens with zero attached hydrogens (tertiary/aromatic N) is 4. The number of nitro benzene ring substituents is 1. The number of anilines is 2. The lowest BCUT2D eigenvalue weighted by Crippen LogP contribution is -2.19. The summed E-state index contributed by atoms with van der Waals surface area (Å²) >= 11 is 0. The van der Waals surface area contributed by atoms with E-state index in [9.17, 15) is 14.9 Å². The average molecular weight is 389 g/mol. The topological polar surface area (TPSA) is 101 Å². The summed E-state index contributed by atoms with van der Waals surface area (Å²) in [5.74, 6) is 0.331. The molecule has 8 nitrogen and oxygen atoms in total.